The van der Waals surface area contributed by atoms with E-state index in [0.29, 0.717) is 17.1 Å². The van der Waals surface area contributed by atoms with Crippen LogP contribution in [0.25, 0.3) is 0 Å². The van der Waals surface area contributed by atoms with Crippen LogP contribution in [-0.2, 0) is 11.3 Å². The largest absolute Gasteiger partial charge is 0.348 e. The molecule has 0 radical (unpaired) electrons. The second kappa shape index (κ2) is 7.37. The van der Waals surface area contributed by atoms with E-state index in [1.54, 1.807) is 12.4 Å². The molecule has 0 aromatic carbocycles. The molecule has 0 saturated heterocycles. The van der Waals surface area contributed by atoms with Crippen molar-refractivity contribution in [2.45, 2.75) is 34.2 Å². The first-order valence-electron chi connectivity index (χ1n) is 7.48. The number of carbonyl (C=O) groups is 2. The lowest BCUT2D eigenvalue weighted by atomic mass is 10.1. The van der Waals surface area contributed by atoms with E-state index in [1.165, 1.54) is 11.3 Å². The quantitative estimate of drug-likeness (QED) is 0.883. The summed E-state index contributed by atoms with van der Waals surface area (Å²) >= 11 is 1.43. The number of nitrogens with zero attached hydrogens (tertiary/aromatic N) is 1. The van der Waals surface area contributed by atoms with Gasteiger partial charge < -0.3 is 10.6 Å². The molecule has 2 heterocycles. The van der Waals surface area contributed by atoms with Gasteiger partial charge in [0.2, 0.25) is 5.91 Å². The molecule has 2 N–H and O–H groups in total. The summed E-state index contributed by atoms with van der Waals surface area (Å²) in [5.74, 6) is -0.411. The molecule has 2 amide bonds. The Morgan fingerprint density at radius 3 is 2.65 bits per heavy atom. The second-order valence-corrected chi connectivity index (χ2v) is 6.90. The van der Waals surface area contributed by atoms with Gasteiger partial charge in [0.25, 0.3) is 5.91 Å². The molecule has 2 aromatic heterocycles. The Kier molecular flexibility index (Phi) is 5.50. The Balaban J connectivity index is 2.17. The standard InChI is InChI=1S/C17H21N3O2S/c1-10(2)15(21)20-17-14(11(3)12(4)23-17)16(22)19-9-13-6-5-7-18-8-13/h5-8,10H,9H2,1-4H3,(H,19,22)(H,20,21). The molecule has 0 aliphatic heterocycles. The molecule has 0 atom stereocenters. The Morgan fingerprint density at radius 1 is 1.30 bits per heavy atom. The van der Waals surface area contributed by atoms with Gasteiger partial charge in [-0.1, -0.05) is 19.9 Å². The van der Waals surface area contributed by atoms with Gasteiger partial charge in [-0.15, -0.1) is 11.3 Å². The van der Waals surface area contributed by atoms with Crippen molar-refractivity contribution in [3.8, 4) is 0 Å². The minimum atomic E-state index is -0.185. The third kappa shape index (κ3) is 4.16. The first kappa shape index (κ1) is 17.1. The zero-order valence-corrected chi connectivity index (χ0v) is 14.6. The highest BCUT2D eigenvalue weighted by atomic mass is 32.1. The summed E-state index contributed by atoms with van der Waals surface area (Å²) in [6.45, 7) is 7.90. The molecular formula is C17H21N3O2S. The topological polar surface area (TPSA) is 71.1 Å². The molecule has 23 heavy (non-hydrogen) atoms. The number of amides is 2. The highest BCUT2D eigenvalue weighted by Gasteiger charge is 2.21. The average molecular weight is 331 g/mol. The molecule has 2 rings (SSSR count). The molecule has 5 nitrogen and oxygen atoms in total. The number of nitrogens with one attached hydrogen (secondary N) is 2. The van der Waals surface area contributed by atoms with Gasteiger partial charge >= 0.3 is 0 Å². The van der Waals surface area contributed by atoms with Crippen molar-refractivity contribution in [3.63, 3.8) is 0 Å². The number of carbonyl (C=O) groups excluding carboxylic acids is 2. The van der Waals surface area contributed by atoms with E-state index in [-0.39, 0.29) is 17.7 Å². The van der Waals surface area contributed by atoms with Gasteiger partial charge in [-0.25, -0.2) is 0 Å². The predicted octanol–water partition coefficient (Wildman–Crippen LogP) is 3.28. The molecule has 0 bridgehead atoms. The lowest BCUT2D eigenvalue weighted by molar-refractivity contribution is -0.118. The number of aryl methyl sites for hydroxylation is 1. The van der Waals surface area contributed by atoms with Crippen LogP contribution < -0.4 is 10.6 Å². The van der Waals surface area contributed by atoms with Crippen molar-refractivity contribution in [1.82, 2.24) is 10.3 Å². The SMILES string of the molecule is Cc1sc(NC(=O)C(C)C)c(C(=O)NCc2cccnc2)c1C. The molecule has 0 spiro atoms. The summed E-state index contributed by atoms with van der Waals surface area (Å²) in [5.41, 5.74) is 2.38. The number of hydrogen-bond donors (Lipinski definition) is 2. The van der Waals surface area contributed by atoms with Crippen molar-refractivity contribution in [2.75, 3.05) is 5.32 Å². The fourth-order valence-electron chi connectivity index (χ4n) is 2.02. The lowest BCUT2D eigenvalue weighted by Crippen LogP contribution is -2.25. The molecular weight excluding hydrogens is 310 g/mol. The van der Waals surface area contributed by atoms with E-state index < -0.39 is 0 Å². The summed E-state index contributed by atoms with van der Waals surface area (Å²) in [4.78, 5) is 29.5. The predicted molar refractivity (Wildman–Crippen MR) is 92.7 cm³/mol. The van der Waals surface area contributed by atoms with E-state index in [4.69, 9.17) is 0 Å². The first-order chi connectivity index (χ1) is 10.9. The van der Waals surface area contributed by atoms with Crippen LogP contribution in [0.4, 0.5) is 5.00 Å². The summed E-state index contributed by atoms with van der Waals surface area (Å²) in [5, 5.41) is 6.36. The Hall–Kier alpha value is -2.21. The normalized spacial score (nSPS) is 10.7. The Morgan fingerprint density at radius 2 is 2.04 bits per heavy atom. The van der Waals surface area contributed by atoms with Gasteiger partial charge in [-0.05, 0) is 31.0 Å². The van der Waals surface area contributed by atoms with Gasteiger partial charge in [-0.3, -0.25) is 14.6 Å². The molecule has 0 aliphatic rings. The van der Waals surface area contributed by atoms with Crippen molar-refractivity contribution >= 4 is 28.2 Å². The van der Waals surface area contributed by atoms with Gasteiger partial charge in [-0.2, -0.15) is 0 Å². The maximum atomic E-state index is 12.5. The molecule has 2 aromatic rings. The van der Waals surface area contributed by atoms with Crippen LogP contribution in [0.2, 0.25) is 0 Å². The fraction of sp³-hybridized carbons (Fsp3) is 0.353. The zero-order chi connectivity index (χ0) is 17.0. The number of thiophene rings is 1. The van der Waals surface area contributed by atoms with Crippen LogP contribution in [0, 0.1) is 19.8 Å². The van der Waals surface area contributed by atoms with E-state index in [0.717, 1.165) is 16.0 Å². The fourth-order valence-corrected chi connectivity index (χ4v) is 3.08. The maximum absolute atomic E-state index is 12.5. The van der Waals surface area contributed by atoms with Crippen LogP contribution in [0.5, 0.6) is 0 Å². The number of pyridine rings is 1. The molecule has 0 saturated carbocycles. The van der Waals surface area contributed by atoms with Crippen LogP contribution in [0.15, 0.2) is 24.5 Å². The zero-order valence-electron chi connectivity index (χ0n) is 13.8. The smallest absolute Gasteiger partial charge is 0.254 e. The first-order valence-corrected chi connectivity index (χ1v) is 8.29. The number of anilines is 1. The number of aromatic nitrogens is 1. The Labute approximate surface area is 140 Å². The van der Waals surface area contributed by atoms with Crippen LogP contribution >= 0.6 is 11.3 Å². The van der Waals surface area contributed by atoms with Crippen molar-refractivity contribution in [1.29, 1.82) is 0 Å². The number of rotatable bonds is 5. The molecule has 122 valence electrons. The molecule has 0 unspecified atom stereocenters. The minimum absolute atomic E-state index is 0.0902. The third-order valence-corrected chi connectivity index (χ3v) is 4.67. The van der Waals surface area contributed by atoms with Crippen LogP contribution in [0.1, 0.15) is 40.2 Å². The third-order valence-electron chi connectivity index (χ3n) is 3.55. The van der Waals surface area contributed by atoms with E-state index >= 15 is 0 Å². The monoisotopic (exact) mass is 331 g/mol. The van der Waals surface area contributed by atoms with E-state index in [9.17, 15) is 9.59 Å². The number of hydrogen-bond acceptors (Lipinski definition) is 4. The van der Waals surface area contributed by atoms with Crippen molar-refractivity contribution < 1.29 is 9.59 Å². The highest BCUT2D eigenvalue weighted by Crippen LogP contribution is 2.32. The summed E-state index contributed by atoms with van der Waals surface area (Å²) in [6, 6.07) is 3.73. The summed E-state index contributed by atoms with van der Waals surface area (Å²) < 4.78 is 0. The second-order valence-electron chi connectivity index (χ2n) is 5.68. The minimum Gasteiger partial charge on any atom is -0.348 e. The van der Waals surface area contributed by atoms with Crippen molar-refractivity contribution in [3.05, 3.63) is 46.1 Å². The molecule has 0 aliphatic carbocycles. The van der Waals surface area contributed by atoms with Gasteiger partial charge in [0.1, 0.15) is 5.00 Å². The molecule has 6 heteroatoms. The van der Waals surface area contributed by atoms with Gasteiger partial charge in [0.15, 0.2) is 0 Å². The van der Waals surface area contributed by atoms with E-state index in [2.05, 4.69) is 15.6 Å². The highest BCUT2D eigenvalue weighted by molar-refractivity contribution is 7.16. The van der Waals surface area contributed by atoms with Gasteiger partial charge in [0.05, 0.1) is 5.56 Å². The van der Waals surface area contributed by atoms with Crippen molar-refractivity contribution in [2.24, 2.45) is 5.92 Å². The summed E-state index contributed by atoms with van der Waals surface area (Å²) in [6.07, 6.45) is 3.41. The lowest BCUT2D eigenvalue weighted by Gasteiger charge is -2.10. The van der Waals surface area contributed by atoms with Crippen LogP contribution in [-0.4, -0.2) is 16.8 Å². The summed E-state index contributed by atoms with van der Waals surface area (Å²) in [7, 11) is 0. The Bertz CT molecular complexity index is 708. The van der Waals surface area contributed by atoms with Crippen LogP contribution in [0.3, 0.4) is 0 Å². The average Bonchev–Trinajstić information content (AvgIpc) is 2.80. The maximum Gasteiger partial charge on any atom is 0.254 e. The van der Waals surface area contributed by atoms with E-state index in [1.807, 2.05) is 39.8 Å². The molecule has 0 fully saturated rings. The van der Waals surface area contributed by atoms with Gasteiger partial charge in [0, 0.05) is 29.7 Å².